The van der Waals surface area contributed by atoms with Crippen LogP contribution in [0.4, 0.5) is 5.95 Å². The summed E-state index contributed by atoms with van der Waals surface area (Å²) >= 11 is 5.10. The highest BCUT2D eigenvalue weighted by Gasteiger charge is 2.49. The lowest BCUT2D eigenvalue weighted by Gasteiger charge is -2.39. The molecule has 1 aliphatic carbocycles. The molecule has 2 atom stereocenters. The summed E-state index contributed by atoms with van der Waals surface area (Å²) in [5, 5.41) is 22.4. The summed E-state index contributed by atoms with van der Waals surface area (Å²) in [7, 11) is 0. The minimum atomic E-state index is -0.354. The molecule has 4 heterocycles. The number of nitrogens with zero attached hydrogens (tertiary/aromatic N) is 7. The molecule has 1 radical (unpaired) electrons. The summed E-state index contributed by atoms with van der Waals surface area (Å²) in [6.07, 6.45) is 4.34. The van der Waals surface area contributed by atoms with E-state index < -0.39 is 0 Å². The van der Waals surface area contributed by atoms with Gasteiger partial charge in [0.2, 0.25) is 11.9 Å². The molecule has 3 aromatic heterocycles. The highest BCUT2D eigenvalue weighted by atomic mass is 79.9. The maximum Gasteiger partial charge on any atom is 0.229 e. The normalized spacial score (nSPS) is 21.7. The second kappa shape index (κ2) is 10.5. The summed E-state index contributed by atoms with van der Waals surface area (Å²) in [5.74, 6) is 1.10. The van der Waals surface area contributed by atoms with Crippen molar-refractivity contribution in [2.24, 2.45) is 11.3 Å². The van der Waals surface area contributed by atoms with Crippen LogP contribution in [0, 0.1) is 24.3 Å². The van der Waals surface area contributed by atoms with Crippen LogP contribution in [0.15, 0.2) is 29.0 Å². The largest absolute Gasteiger partial charge is 0.351 e. The summed E-state index contributed by atoms with van der Waals surface area (Å²) < 4.78 is 2.47. The molecule has 39 heavy (non-hydrogen) atoms. The van der Waals surface area contributed by atoms with Gasteiger partial charge >= 0.3 is 0 Å². The van der Waals surface area contributed by atoms with E-state index in [2.05, 4.69) is 66.8 Å². The Balaban J connectivity index is 1.23. The average molecular weight is 610 g/mol. The summed E-state index contributed by atoms with van der Waals surface area (Å²) in [6, 6.07) is 9.26. The third-order valence-electron chi connectivity index (χ3n) is 7.99. The lowest BCUT2D eigenvalue weighted by Crippen LogP contribution is -2.53. The number of carbonyl (C=O) groups excluding carboxylic acids is 1. The first kappa shape index (κ1) is 26.3. The Bertz CT molecular complexity index is 1490. The van der Waals surface area contributed by atoms with Gasteiger partial charge in [-0.25, -0.2) is 9.67 Å². The van der Waals surface area contributed by atoms with Crippen LogP contribution in [-0.2, 0) is 4.79 Å². The smallest absolute Gasteiger partial charge is 0.229 e. The molecule has 2 N–H and O–H groups in total. The molecule has 4 aromatic rings. The zero-order valence-electron chi connectivity index (χ0n) is 22.2. The number of benzene rings is 1. The number of aryl methyl sites for hydroxylation is 1. The van der Waals surface area contributed by atoms with Gasteiger partial charge in [0.15, 0.2) is 5.65 Å². The molecule has 0 spiro atoms. The molecule has 1 saturated carbocycles. The van der Waals surface area contributed by atoms with Crippen LogP contribution in [0.1, 0.15) is 38.1 Å². The van der Waals surface area contributed by atoms with Crippen LogP contribution in [0.3, 0.4) is 0 Å². The van der Waals surface area contributed by atoms with Crippen molar-refractivity contribution in [3.63, 3.8) is 0 Å². The first-order chi connectivity index (χ1) is 18.8. The summed E-state index contributed by atoms with van der Waals surface area (Å²) in [4.78, 5) is 25.2. The molecule has 2 aliphatic rings. The fourth-order valence-corrected chi connectivity index (χ4v) is 6.85. The molecule has 1 saturated heterocycles. The van der Waals surface area contributed by atoms with Crippen molar-refractivity contribution < 1.29 is 4.79 Å². The van der Waals surface area contributed by atoms with E-state index in [1.807, 2.05) is 30.0 Å². The number of fused-ring (bicyclic) bond motifs is 1. The van der Waals surface area contributed by atoms with E-state index in [0.29, 0.717) is 22.1 Å². The minimum Gasteiger partial charge on any atom is -0.351 e. The van der Waals surface area contributed by atoms with Crippen LogP contribution in [0.5, 0.6) is 0 Å². The number of amides is 1. The first-order valence-electron chi connectivity index (χ1n) is 13.3. The zero-order chi connectivity index (χ0) is 27.1. The molecule has 0 bridgehead atoms. The van der Waals surface area contributed by atoms with E-state index in [9.17, 15) is 4.79 Å². The van der Waals surface area contributed by atoms with E-state index in [1.165, 1.54) is 11.3 Å². The fourth-order valence-electron chi connectivity index (χ4n) is 5.73. The Morgan fingerprint density at radius 1 is 1.28 bits per heavy atom. The number of rotatable bonds is 6. The standard InChI is InChI=1S/C27H31BrN9OS/c1-16(2)27(25(38)36-12-10-29-11-13-36)9-8-19(14-27)31-26-30-15-21-22(28)35-37(23(21)32-26)20-6-4-18(5-7-20)24-34-33-17(3)39-24/h4,6-7,15-16,19,29H,8-14H2,1-3H3,(H,30,31,32)/t19-,27-/m1/s1. The Morgan fingerprint density at radius 2 is 2.10 bits per heavy atom. The van der Waals surface area contributed by atoms with Crippen molar-refractivity contribution >= 4 is 50.2 Å². The van der Waals surface area contributed by atoms with Crippen molar-refractivity contribution in [3.05, 3.63) is 40.1 Å². The second-order valence-electron chi connectivity index (χ2n) is 10.7. The quantitative estimate of drug-likeness (QED) is 0.334. The number of carbonyl (C=O) groups is 1. The number of aromatic nitrogens is 6. The van der Waals surface area contributed by atoms with Gasteiger partial charge in [0.1, 0.15) is 14.6 Å². The monoisotopic (exact) mass is 608 g/mol. The lowest BCUT2D eigenvalue weighted by molar-refractivity contribution is -0.145. The third-order valence-corrected chi connectivity index (χ3v) is 9.45. The molecule has 0 unspecified atom stereocenters. The van der Waals surface area contributed by atoms with Crippen LogP contribution < -0.4 is 10.6 Å². The van der Waals surface area contributed by atoms with E-state index in [4.69, 9.17) is 4.98 Å². The lowest BCUT2D eigenvalue weighted by atomic mass is 9.74. The van der Waals surface area contributed by atoms with Gasteiger partial charge in [-0.15, -0.1) is 10.2 Å². The van der Waals surface area contributed by atoms with E-state index in [0.717, 1.165) is 72.1 Å². The maximum absolute atomic E-state index is 13.7. The topological polar surface area (TPSA) is 114 Å². The van der Waals surface area contributed by atoms with Gasteiger partial charge in [0, 0.05) is 44.0 Å². The van der Waals surface area contributed by atoms with Crippen molar-refractivity contribution in [1.29, 1.82) is 0 Å². The molecule has 2 fully saturated rings. The summed E-state index contributed by atoms with van der Waals surface area (Å²) in [5.41, 5.74) is 2.06. The number of hydrogen-bond donors (Lipinski definition) is 2. The van der Waals surface area contributed by atoms with Crippen LogP contribution >= 0.6 is 27.3 Å². The van der Waals surface area contributed by atoms with Crippen LogP contribution in [0.2, 0.25) is 0 Å². The Labute approximate surface area is 239 Å². The van der Waals surface area contributed by atoms with Gasteiger partial charge in [0.05, 0.1) is 16.5 Å². The van der Waals surface area contributed by atoms with Gasteiger partial charge in [0.25, 0.3) is 0 Å². The molecule has 203 valence electrons. The number of anilines is 1. The first-order valence-corrected chi connectivity index (χ1v) is 15.0. The van der Waals surface area contributed by atoms with E-state index in [1.54, 1.807) is 10.9 Å². The van der Waals surface area contributed by atoms with Gasteiger partial charge in [-0.1, -0.05) is 25.2 Å². The minimum absolute atomic E-state index is 0.125. The van der Waals surface area contributed by atoms with Crippen LogP contribution in [-0.4, -0.2) is 73.0 Å². The fraction of sp³-hybridized carbons (Fsp3) is 0.481. The average Bonchev–Trinajstić information content (AvgIpc) is 3.67. The van der Waals surface area contributed by atoms with Crippen molar-refractivity contribution in [2.75, 3.05) is 31.5 Å². The van der Waals surface area contributed by atoms with Gasteiger partial charge in [-0.05, 0) is 72.3 Å². The number of piperazine rings is 1. The SMILES string of the molecule is Cc1nnc(-c2[c]cc(-n3nc(Br)c4cnc(N[C@@H]5CC[C@](C(=O)N6CCNCC6)(C(C)C)C5)nc43)cc2)s1. The highest BCUT2D eigenvalue weighted by Crippen LogP contribution is 2.46. The molecule has 6 rings (SSSR count). The van der Waals surface area contributed by atoms with Crippen LogP contribution in [0.25, 0.3) is 27.3 Å². The number of nitrogens with one attached hydrogen (secondary N) is 2. The maximum atomic E-state index is 13.7. The van der Waals surface area contributed by atoms with Gasteiger partial charge in [-0.3, -0.25) is 4.79 Å². The third kappa shape index (κ3) is 4.93. The molecule has 1 amide bonds. The number of hydrogen-bond acceptors (Lipinski definition) is 9. The predicted molar refractivity (Wildman–Crippen MR) is 155 cm³/mol. The molecule has 1 aromatic carbocycles. The predicted octanol–water partition coefficient (Wildman–Crippen LogP) is 4.24. The van der Waals surface area contributed by atoms with Gasteiger partial charge in [-0.2, -0.15) is 10.1 Å². The summed E-state index contributed by atoms with van der Waals surface area (Å²) in [6.45, 7) is 9.58. The Hall–Kier alpha value is -2.96. The van der Waals surface area contributed by atoms with Gasteiger partial charge < -0.3 is 15.5 Å². The van der Waals surface area contributed by atoms with Crippen molar-refractivity contribution in [2.45, 2.75) is 46.1 Å². The van der Waals surface area contributed by atoms with Crippen molar-refractivity contribution in [1.82, 2.24) is 40.2 Å². The van der Waals surface area contributed by atoms with E-state index in [-0.39, 0.29) is 17.4 Å². The van der Waals surface area contributed by atoms with E-state index >= 15 is 0 Å². The molecule has 1 aliphatic heterocycles. The molecular weight excluding hydrogens is 578 g/mol. The van der Waals surface area contributed by atoms with Crippen molar-refractivity contribution in [3.8, 4) is 16.3 Å². The Kier molecular flexibility index (Phi) is 7.11. The zero-order valence-corrected chi connectivity index (χ0v) is 24.6. The Morgan fingerprint density at radius 3 is 2.79 bits per heavy atom. The second-order valence-corrected chi connectivity index (χ2v) is 12.6. The number of halogens is 1. The molecular formula is C27H31BrN9OS. The molecule has 10 nitrogen and oxygen atoms in total. The highest BCUT2D eigenvalue weighted by molar-refractivity contribution is 9.10. The molecule has 12 heteroatoms.